The van der Waals surface area contributed by atoms with E-state index in [0.29, 0.717) is 24.9 Å². The molecule has 2 rings (SSSR count). The van der Waals surface area contributed by atoms with Crippen LogP contribution < -0.4 is 5.73 Å². The Morgan fingerprint density at radius 2 is 2.10 bits per heavy atom. The molecular formula is C16H30N2O2. The first-order valence-corrected chi connectivity index (χ1v) is 7.94. The monoisotopic (exact) mass is 282 g/mol. The Labute approximate surface area is 123 Å². The fraction of sp³-hybridized carbons (Fsp3) is 0.938. The van der Waals surface area contributed by atoms with Crippen LogP contribution in [0.3, 0.4) is 0 Å². The number of nitrogens with zero attached hydrogens (tertiary/aromatic N) is 1. The molecule has 2 fully saturated rings. The van der Waals surface area contributed by atoms with E-state index in [4.69, 9.17) is 10.5 Å². The maximum absolute atomic E-state index is 12.8. The van der Waals surface area contributed by atoms with Crippen molar-refractivity contribution in [1.29, 1.82) is 0 Å². The second kappa shape index (κ2) is 5.30. The molecule has 20 heavy (non-hydrogen) atoms. The molecule has 0 aromatic rings. The van der Waals surface area contributed by atoms with Gasteiger partial charge in [-0.25, -0.2) is 0 Å². The molecule has 1 aliphatic carbocycles. The summed E-state index contributed by atoms with van der Waals surface area (Å²) in [6.07, 6.45) is 1.86. The van der Waals surface area contributed by atoms with Crippen molar-refractivity contribution < 1.29 is 9.53 Å². The molecule has 0 aromatic heterocycles. The summed E-state index contributed by atoms with van der Waals surface area (Å²) in [6.45, 7) is 13.0. The highest BCUT2D eigenvalue weighted by molar-refractivity contribution is 5.89. The molecule has 2 aliphatic rings. The third kappa shape index (κ3) is 2.27. The van der Waals surface area contributed by atoms with Gasteiger partial charge in [-0.05, 0) is 25.2 Å². The SMILES string of the molecule is CCOC1CC(N)(C(=O)N2CCC(C(C)C)C2)C1(C)C. The van der Waals surface area contributed by atoms with Gasteiger partial charge >= 0.3 is 0 Å². The zero-order chi connectivity index (χ0) is 15.1. The Bertz CT molecular complexity index is 381. The van der Waals surface area contributed by atoms with E-state index < -0.39 is 5.54 Å². The van der Waals surface area contributed by atoms with Gasteiger partial charge in [-0.15, -0.1) is 0 Å². The van der Waals surface area contributed by atoms with Crippen molar-refractivity contribution in [3.05, 3.63) is 0 Å². The maximum Gasteiger partial charge on any atom is 0.243 e. The minimum atomic E-state index is -0.751. The molecule has 0 spiro atoms. The van der Waals surface area contributed by atoms with Crippen LogP contribution in [0.2, 0.25) is 0 Å². The lowest BCUT2D eigenvalue weighted by Crippen LogP contribution is -2.75. The summed E-state index contributed by atoms with van der Waals surface area (Å²) in [4.78, 5) is 14.8. The molecule has 0 aromatic carbocycles. The molecule has 0 bridgehead atoms. The van der Waals surface area contributed by atoms with Gasteiger partial charge in [0, 0.05) is 31.5 Å². The number of likely N-dealkylation sites (tertiary alicyclic amines) is 1. The molecule has 4 heteroatoms. The minimum absolute atomic E-state index is 0.102. The predicted octanol–water partition coefficient (Wildman–Crippen LogP) is 2.02. The van der Waals surface area contributed by atoms with E-state index in [1.807, 2.05) is 11.8 Å². The zero-order valence-electron chi connectivity index (χ0n) is 13.6. The van der Waals surface area contributed by atoms with Gasteiger partial charge in [0.05, 0.1) is 6.10 Å². The van der Waals surface area contributed by atoms with Crippen LogP contribution in [-0.2, 0) is 9.53 Å². The second-order valence-corrected chi connectivity index (χ2v) is 7.39. The van der Waals surface area contributed by atoms with E-state index in [1.54, 1.807) is 0 Å². The summed E-state index contributed by atoms with van der Waals surface area (Å²) in [6, 6.07) is 0. The van der Waals surface area contributed by atoms with E-state index in [2.05, 4.69) is 27.7 Å². The smallest absolute Gasteiger partial charge is 0.243 e. The van der Waals surface area contributed by atoms with E-state index in [9.17, 15) is 4.79 Å². The number of hydrogen-bond acceptors (Lipinski definition) is 3. The van der Waals surface area contributed by atoms with Gasteiger partial charge in [0.15, 0.2) is 0 Å². The van der Waals surface area contributed by atoms with Crippen LogP contribution in [0, 0.1) is 17.3 Å². The Kier molecular flexibility index (Phi) is 4.18. The van der Waals surface area contributed by atoms with Gasteiger partial charge < -0.3 is 15.4 Å². The second-order valence-electron chi connectivity index (χ2n) is 7.39. The van der Waals surface area contributed by atoms with Crippen molar-refractivity contribution in [2.45, 2.75) is 59.1 Å². The lowest BCUT2D eigenvalue weighted by atomic mass is 9.54. The predicted molar refractivity (Wildman–Crippen MR) is 80.3 cm³/mol. The van der Waals surface area contributed by atoms with Crippen molar-refractivity contribution >= 4 is 5.91 Å². The fourth-order valence-electron chi connectivity index (χ4n) is 3.60. The third-order valence-corrected chi connectivity index (χ3v) is 5.67. The van der Waals surface area contributed by atoms with E-state index >= 15 is 0 Å². The Morgan fingerprint density at radius 3 is 2.55 bits per heavy atom. The van der Waals surface area contributed by atoms with E-state index in [1.165, 1.54) is 0 Å². The number of ether oxygens (including phenoxy) is 1. The average Bonchev–Trinajstić information content (AvgIpc) is 2.87. The molecule has 3 atom stereocenters. The summed E-state index contributed by atoms with van der Waals surface area (Å²) in [5.41, 5.74) is 5.44. The molecular weight excluding hydrogens is 252 g/mol. The van der Waals surface area contributed by atoms with Gasteiger partial charge in [-0.3, -0.25) is 4.79 Å². The lowest BCUT2D eigenvalue weighted by Gasteiger charge is -2.58. The number of hydrogen-bond donors (Lipinski definition) is 1. The molecule has 1 aliphatic heterocycles. The fourth-order valence-corrected chi connectivity index (χ4v) is 3.60. The van der Waals surface area contributed by atoms with Crippen molar-refractivity contribution in [2.24, 2.45) is 23.0 Å². The van der Waals surface area contributed by atoms with Crippen LogP contribution in [0.1, 0.15) is 47.5 Å². The van der Waals surface area contributed by atoms with Crippen LogP contribution in [0.5, 0.6) is 0 Å². The van der Waals surface area contributed by atoms with Crippen molar-refractivity contribution in [2.75, 3.05) is 19.7 Å². The minimum Gasteiger partial charge on any atom is -0.378 e. The Balaban J connectivity index is 2.03. The van der Waals surface area contributed by atoms with E-state index in [0.717, 1.165) is 19.5 Å². The highest BCUT2D eigenvalue weighted by atomic mass is 16.5. The van der Waals surface area contributed by atoms with E-state index in [-0.39, 0.29) is 17.4 Å². The quantitative estimate of drug-likeness (QED) is 0.858. The number of carbonyl (C=O) groups is 1. The Hall–Kier alpha value is -0.610. The molecule has 1 saturated carbocycles. The molecule has 1 amide bonds. The number of rotatable bonds is 4. The maximum atomic E-state index is 12.8. The topological polar surface area (TPSA) is 55.6 Å². The zero-order valence-corrected chi connectivity index (χ0v) is 13.6. The van der Waals surface area contributed by atoms with Crippen molar-refractivity contribution in [1.82, 2.24) is 4.90 Å². The number of nitrogens with two attached hydrogens (primary N) is 1. The highest BCUT2D eigenvalue weighted by Gasteiger charge is 2.64. The lowest BCUT2D eigenvalue weighted by molar-refractivity contribution is -0.178. The first kappa shape index (κ1) is 15.8. The third-order valence-electron chi connectivity index (χ3n) is 5.67. The molecule has 0 radical (unpaired) electrons. The summed E-state index contributed by atoms with van der Waals surface area (Å²) in [5, 5.41) is 0. The molecule has 116 valence electrons. The van der Waals surface area contributed by atoms with Crippen LogP contribution in [-0.4, -0.2) is 42.1 Å². The van der Waals surface area contributed by atoms with Gasteiger partial charge in [0.1, 0.15) is 5.54 Å². The first-order valence-electron chi connectivity index (χ1n) is 7.94. The summed E-state index contributed by atoms with van der Waals surface area (Å²) < 4.78 is 5.71. The molecule has 1 saturated heterocycles. The van der Waals surface area contributed by atoms with Gasteiger partial charge in [0.2, 0.25) is 5.91 Å². The normalized spacial score (nSPS) is 36.2. The van der Waals surface area contributed by atoms with Crippen molar-refractivity contribution in [3.8, 4) is 0 Å². The molecule has 3 unspecified atom stereocenters. The first-order chi connectivity index (χ1) is 9.24. The number of carbonyl (C=O) groups excluding carboxylic acids is 1. The standard InChI is InChI=1S/C16H30N2O2/c1-6-20-13-9-16(17,15(13,4)5)14(19)18-8-7-12(10-18)11(2)3/h11-13H,6-10,17H2,1-5H3. The van der Waals surface area contributed by atoms with Crippen LogP contribution >= 0.6 is 0 Å². The van der Waals surface area contributed by atoms with Crippen LogP contribution in [0.4, 0.5) is 0 Å². The van der Waals surface area contributed by atoms with Gasteiger partial charge in [-0.1, -0.05) is 27.7 Å². The van der Waals surface area contributed by atoms with Crippen LogP contribution in [0.25, 0.3) is 0 Å². The van der Waals surface area contributed by atoms with Gasteiger partial charge in [-0.2, -0.15) is 0 Å². The van der Waals surface area contributed by atoms with Gasteiger partial charge in [0.25, 0.3) is 0 Å². The summed E-state index contributed by atoms with van der Waals surface area (Å²) in [5.74, 6) is 1.38. The largest absolute Gasteiger partial charge is 0.378 e. The summed E-state index contributed by atoms with van der Waals surface area (Å²) >= 11 is 0. The van der Waals surface area contributed by atoms with Crippen LogP contribution in [0.15, 0.2) is 0 Å². The molecule has 4 nitrogen and oxygen atoms in total. The number of amides is 1. The average molecular weight is 282 g/mol. The van der Waals surface area contributed by atoms with Crippen molar-refractivity contribution in [3.63, 3.8) is 0 Å². The highest BCUT2D eigenvalue weighted by Crippen LogP contribution is 2.51. The Morgan fingerprint density at radius 1 is 1.45 bits per heavy atom. The summed E-state index contributed by atoms with van der Waals surface area (Å²) in [7, 11) is 0. The molecule has 1 heterocycles. The molecule has 2 N–H and O–H groups in total.